The Morgan fingerprint density at radius 2 is 1.93 bits per heavy atom. The molecule has 0 fully saturated rings. The lowest BCUT2D eigenvalue weighted by atomic mass is 9.89. The van der Waals surface area contributed by atoms with Crippen molar-refractivity contribution in [1.82, 2.24) is 0 Å². The summed E-state index contributed by atoms with van der Waals surface area (Å²) in [6.07, 6.45) is 0.563. The number of ether oxygens (including phenoxy) is 1. The minimum atomic E-state index is -0.929. The Hall–Kier alpha value is -0.610. The van der Waals surface area contributed by atoms with Crippen LogP contribution < -0.4 is 0 Å². The quantitative estimate of drug-likeness (QED) is 0.639. The Kier molecular flexibility index (Phi) is 5.72. The van der Waals surface area contributed by atoms with Crippen LogP contribution in [0.25, 0.3) is 0 Å². The molecular weight excluding hydrogens is 184 g/mol. The smallest absolute Gasteiger partial charge is 0.333 e. The molecule has 0 rings (SSSR count). The van der Waals surface area contributed by atoms with E-state index < -0.39 is 17.5 Å². The number of carbonyl (C=O) groups is 1. The van der Waals surface area contributed by atoms with Crippen LogP contribution in [0.2, 0.25) is 0 Å². The van der Waals surface area contributed by atoms with Gasteiger partial charge in [0.25, 0.3) is 0 Å². The third-order valence-corrected chi connectivity index (χ3v) is 1.85. The molecule has 0 saturated carbocycles. The van der Waals surface area contributed by atoms with Crippen molar-refractivity contribution in [2.75, 3.05) is 13.2 Å². The van der Waals surface area contributed by atoms with Crippen LogP contribution in [0.5, 0.6) is 0 Å². The first-order valence-electron chi connectivity index (χ1n) is 4.85. The van der Waals surface area contributed by atoms with Gasteiger partial charge in [-0.3, -0.25) is 0 Å². The average Bonchev–Trinajstić information content (AvgIpc) is 2.01. The van der Waals surface area contributed by atoms with Crippen molar-refractivity contribution in [2.24, 2.45) is 5.41 Å². The fourth-order valence-electron chi connectivity index (χ4n) is 1.11. The highest BCUT2D eigenvalue weighted by Gasteiger charge is 2.31. The lowest BCUT2D eigenvalue weighted by molar-refractivity contribution is -0.158. The Bertz CT molecular complexity index is 171. The number of aliphatic hydroxyl groups is 1. The fraction of sp³-hybridized carbons (Fsp3) is 0.900. The van der Waals surface area contributed by atoms with Gasteiger partial charge in [0.1, 0.15) is 0 Å². The van der Waals surface area contributed by atoms with E-state index >= 15 is 0 Å². The number of unbranched alkanes of at least 4 members (excludes halogenated alkanes) is 1. The number of rotatable bonds is 6. The van der Waals surface area contributed by atoms with Gasteiger partial charge < -0.3 is 14.9 Å². The number of hydrogen-bond acceptors (Lipinski definition) is 3. The Morgan fingerprint density at radius 3 is 2.29 bits per heavy atom. The van der Waals surface area contributed by atoms with Crippen LogP contribution in [-0.4, -0.2) is 35.5 Å². The van der Waals surface area contributed by atoms with Crippen LogP contribution in [0.1, 0.15) is 33.6 Å². The van der Waals surface area contributed by atoms with Gasteiger partial charge in [-0.25, -0.2) is 4.79 Å². The first-order chi connectivity index (χ1) is 6.39. The summed E-state index contributed by atoms with van der Waals surface area (Å²) in [4.78, 5) is 10.8. The van der Waals surface area contributed by atoms with Crippen molar-refractivity contribution < 1.29 is 19.7 Å². The van der Waals surface area contributed by atoms with E-state index in [1.165, 1.54) is 0 Å². The molecule has 0 aliphatic heterocycles. The van der Waals surface area contributed by atoms with Gasteiger partial charge in [0.2, 0.25) is 0 Å². The summed E-state index contributed by atoms with van der Waals surface area (Å²) in [6.45, 7) is 6.00. The summed E-state index contributed by atoms with van der Waals surface area (Å²) in [5.41, 5.74) is -0.398. The Labute approximate surface area is 84.9 Å². The number of carboxylic acids is 1. The molecule has 0 aliphatic carbocycles. The van der Waals surface area contributed by atoms with Crippen LogP contribution in [-0.2, 0) is 9.53 Å². The minimum absolute atomic E-state index is 0.122. The van der Waals surface area contributed by atoms with Crippen molar-refractivity contribution in [3.8, 4) is 0 Å². The van der Waals surface area contributed by atoms with Gasteiger partial charge in [0.05, 0.1) is 0 Å². The number of carboxylic acid groups (broad SMARTS) is 1. The normalized spacial score (nSPS) is 14.0. The first kappa shape index (κ1) is 13.4. The lowest BCUT2D eigenvalue weighted by Crippen LogP contribution is -2.37. The van der Waals surface area contributed by atoms with Crippen LogP contribution in [0.4, 0.5) is 0 Å². The zero-order chi connectivity index (χ0) is 11.2. The van der Waals surface area contributed by atoms with Crippen LogP contribution >= 0.6 is 0 Å². The van der Waals surface area contributed by atoms with Gasteiger partial charge in [-0.15, -0.1) is 0 Å². The highest BCUT2D eigenvalue weighted by Crippen LogP contribution is 2.22. The maximum absolute atomic E-state index is 10.8. The zero-order valence-electron chi connectivity index (χ0n) is 9.12. The molecule has 2 N–H and O–H groups in total. The van der Waals surface area contributed by atoms with E-state index in [2.05, 4.69) is 0 Å². The van der Waals surface area contributed by atoms with Crippen molar-refractivity contribution in [3.63, 3.8) is 0 Å². The molecule has 0 saturated heterocycles. The van der Waals surface area contributed by atoms with E-state index in [0.717, 1.165) is 0 Å². The second kappa shape index (κ2) is 5.98. The standard InChI is InChI=1S/C10H20O4/c1-10(2,3)8(9(12)13)14-7-5-4-6-11/h8,11H,4-7H2,1-3H3,(H,12,13). The molecule has 14 heavy (non-hydrogen) atoms. The summed E-state index contributed by atoms with van der Waals surface area (Å²) in [7, 11) is 0. The molecule has 4 nitrogen and oxygen atoms in total. The molecule has 0 spiro atoms. The first-order valence-corrected chi connectivity index (χ1v) is 4.85. The van der Waals surface area contributed by atoms with Crippen LogP contribution in [0.15, 0.2) is 0 Å². The molecule has 4 heteroatoms. The summed E-state index contributed by atoms with van der Waals surface area (Å²) < 4.78 is 5.26. The van der Waals surface area contributed by atoms with Gasteiger partial charge in [0, 0.05) is 13.2 Å². The maximum atomic E-state index is 10.8. The third kappa shape index (κ3) is 5.19. The molecule has 0 heterocycles. The molecule has 0 radical (unpaired) electrons. The van der Waals surface area contributed by atoms with Crippen LogP contribution in [0, 0.1) is 5.41 Å². The molecular formula is C10H20O4. The van der Waals surface area contributed by atoms with E-state index in [1.807, 2.05) is 20.8 Å². The highest BCUT2D eigenvalue weighted by molar-refractivity contribution is 5.73. The van der Waals surface area contributed by atoms with Crippen molar-refractivity contribution in [3.05, 3.63) is 0 Å². The van der Waals surface area contributed by atoms with Gasteiger partial charge in [-0.1, -0.05) is 20.8 Å². The second-order valence-corrected chi connectivity index (χ2v) is 4.39. The van der Waals surface area contributed by atoms with E-state index in [4.69, 9.17) is 14.9 Å². The highest BCUT2D eigenvalue weighted by atomic mass is 16.5. The fourth-order valence-corrected chi connectivity index (χ4v) is 1.11. The van der Waals surface area contributed by atoms with Crippen molar-refractivity contribution >= 4 is 5.97 Å². The predicted molar refractivity (Wildman–Crippen MR) is 53.2 cm³/mol. The largest absolute Gasteiger partial charge is 0.479 e. The van der Waals surface area contributed by atoms with E-state index in [-0.39, 0.29) is 6.61 Å². The summed E-state index contributed by atoms with van der Waals surface area (Å²) >= 11 is 0. The molecule has 84 valence electrons. The number of aliphatic carboxylic acids is 1. The van der Waals surface area contributed by atoms with E-state index in [9.17, 15) is 4.79 Å². The summed E-state index contributed by atoms with van der Waals surface area (Å²) in [5, 5.41) is 17.4. The lowest BCUT2D eigenvalue weighted by Gasteiger charge is -2.26. The number of hydrogen-bond donors (Lipinski definition) is 2. The predicted octanol–water partition coefficient (Wildman–Crippen LogP) is 1.27. The second-order valence-electron chi connectivity index (χ2n) is 4.39. The molecule has 0 aromatic heterocycles. The monoisotopic (exact) mass is 204 g/mol. The van der Waals surface area contributed by atoms with Gasteiger partial charge in [-0.05, 0) is 18.3 Å². The minimum Gasteiger partial charge on any atom is -0.479 e. The van der Waals surface area contributed by atoms with E-state index in [0.29, 0.717) is 19.4 Å². The molecule has 1 unspecified atom stereocenters. The Morgan fingerprint density at radius 1 is 1.36 bits per heavy atom. The van der Waals surface area contributed by atoms with Gasteiger partial charge in [-0.2, -0.15) is 0 Å². The average molecular weight is 204 g/mol. The third-order valence-electron chi connectivity index (χ3n) is 1.85. The van der Waals surface area contributed by atoms with Gasteiger partial charge >= 0.3 is 5.97 Å². The molecule has 0 aromatic carbocycles. The molecule has 0 aliphatic rings. The molecule has 0 aromatic rings. The van der Waals surface area contributed by atoms with Crippen LogP contribution in [0.3, 0.4) is 0 Å². The number of aliphatic hydroxyl groups excluding tert-OH is 1. The van der Waals surface area contributed by atoms with E-state index in [1.54, 1.807) is 0 Å². The van der Waals surface area contributed by atoms with Crippen molar-refractivity contribution in [1.29, 1.82) is 0 Å². The molecule has 1 atom stereocenters. The molecule has 0 bridgehead atoms. The Balaban J connectivity index is 3.94. The maximum Gasteiger partial charge on any atom is 0.333 e. The summed E-state index contributed by atoms with van der Waals surface area (Å²) in [5.74, 6) is -0.929. The SMILES string of the molecule is CC(C)(C)C(OCCCCO)C(=O)O. The van der Waals surface area contributed by atoms with Gasteiger partial charge in [0.15, 0.2) is 6.10 Å². The summed E-state index contributed by atoms with van der Waals surface area (Å²) in [6, 6.07) is 0. The topological polar surface area (TPSA) is 66.8 Å². The van der Waals surface area contributed by atoms with Crippen molar-refractivity contribution in [2.45, 2.75) is 39.7 Å². The molecule has 0 amide bonds. The zero-order valence-corrected chi connectivity index (χ0v) is 9.12.